The van der Waals surface area contributed by atoms with Gasteiger partial charge in [0.25, 0.3) is 0 Å². The van der Waals surface area contributed by atoms with E-state index in [2.05, 4.69) is 15.5 Å². The van der Waals surface area contributed by atoms with E-state index in [0.29, 0.717) is 5.02 Å². The lowest BCUT2D eigenvalue weighted by atomic mass is 10.1. The summed E-state index contributed by atoms with van der Waals surface area (Å²) in [4.78, 5) is 14.3. The summed E-state index contributed by atoms with van der Waals surface area (Å²) in [6.07, 6.45) is 0. The number of hydrogen-bond acceptors (Lipinski definition) is 3. The van der Waals surface area contributed by atoms with E-state index in [9.17, 15) is 4.79 Å². The Kier molecular flexibility index (Phi) is 4.22. The molecule has 1 aromatic carbocycles. The van der Waals surface area contributed by atoms with Crippen molar-refractivity contribution in [3.8, 4) is 0 Å². The monoisotopic (exact) mass is 267 g/mol. The number of carbonyl (C=O) groups excluding carboxylic acids is 1. The number of benzene rings is 1. The van der Waals surface area contributed by atoms with Gasteiger partial charge in [-0.3, -0.25) is 4.79 Å². The Morgan fingerprint density at radius 2 is 2.33 bits per heavy atom. The SMILES string of the molecule is Cc1cc(Cl)ccc1NC(=O)C1CN(C)CCN1. The van der Waals surface area contributed by atoms with Gasteiger partial charge in [-0.25, -0.2) is 0 Å². The van der Waals surface area contributed by atoms with Crippen LogP contribution in [0.1, 0.15) is 5.56 Å². The van der Waals surface area contributed by atoms with Gasteiger partial charge in [0.05, 0.1) is 6.04 Å². The van der Waals surface area contributed by atoms with Gasteiger partial charge in [0.2, 0.25) is 5.91 Å². The molecule has 1 fully saturated rings. The fourth-order valence-corrected chi connectivity index (χ4v) is 2.29. The third-order valence-corrected chi connectivity index (χ3v) is 3.38. The maximum absolute atomic E-state index is 12.1. The molecule has 18 heavy (non-hydrogen) atoms. The average molecular weight is 268 g/mol. The van der Waals surface area contributed by atoms with Crippen LogP contribution in [0.2, 0.25) is 5.02 Å². The molecule has 1 heterocycles. The molecule has 5 heteroatoms. The Bertz CT molecular complexity index is 450. The molecular formula is C13H18ClN3O. The zero-order valence-corrected chi connectivity index (χ0v) is 11.4. The second kappa shape index (κ2) is 5.69. The molecule has 0 bridgehead atoms. The van der Waals surface area contributed by atoms with Crippen LogP contribution in [-0.2, 0) is 4.79 Å². The van der Waals surface area contributed by atoms with Crippen molar-refractivity contribution in [3.63, 3.8) is 0 Å². The van der Waals surface area contributed by atoms with Crippen molar-refractivity contribution < 1.29 is 4.79 Å². The zero-order chi connectivity index (χ0) is 13.1. The first-order valence-electron chi connectivity index (χ1n) is 6.05. The Morgan fingerprint density at radius 3 is 3.00 bits per heavy atom. The summed E-state index contributed by atoms with van der Waals surface area (Å²) in [5.74, 6) is 0.00646. The fraction of sp³-hybridized carbons (Fsp3) is 0.462. The number of piperazine rings is 1. The molecule has 0 saturated carbocycles. The van der Waals surface area contributed by atoms with Crippen molar-refractivity contribution in [2.24, 2.45) is 0 Å². The van der Waals surface area contributed by atoms with Crippen molar-refractivity contribution in [3.05, 3.63) is 28.8 Å². The van der Waals surface area contributed by atoms with Gasteiger partial charge < -0.3 is 15.5 Å². The fourth-order valence-electron chi connectivity index (χ4n) is 2.06. The lowest BCUT2D eigenvalue weighted by Crippen LogP contribution is -2.54. The number of anilines is 1. The first-order valence-corrected chi connectivity index (χ1v) is 6.43. The van der Waals surface area contributed by atoms with E-state index in [1.807, 2.05) is 26.1 Å². The van der Waals surface area contributed by atoms with E-state index in [-0.39, 0.29) is 11.9 Å². The molecule has 2 N–H and O–H groups in total. The number of rotatable bonds is 2. The number of aryl methyl sites for hydroxylation is 1. The lowest BCUT2D eigenvalue weighted by molar-refractivity contribution is -0.119. The van der Waals surface area contributed by atoms with Crippen LogP contribution in [0.3, 0.4) is 0 Å². The topological polar surface area (TPSA) is 44.4 Å². The summed E-state index contributed by atoms with van der Waals surface area (Å²) in [7, 11) is 2.02. The number of amides is 1. The quantitative estimate of drug-likeness (QED) is 0.853. The Balaban J connectivity index is 2.02. The van der Waals surface area contributed by atoms with E-state index in [4.69, 9.17) is 11.6 Å². The van der Waals surface area contributed by atoms with Crippen molar-refractivity contribution in [2.45, 2.75) is 13.0 Å². The third kappa shape index (κ3) is 3.22. The van der Waals surface area contributed by atoms with Crippen LogP contribution in [0.25, 0.3) is 0 Å². The summed E-state index contributed by atoms with van der Waals surface area (Å²) < 4.78 is 0. The predicted octanol–water partition coefficient (Wildman–Crippen LogP) is 1.49. The first-order chi connectivity index (χ1) is 8.56. The number of likely N-dealkylation sites (N-methyl/N-ethyl adjacent to an activating group) is 1. The van der Waals surface area contributed by atoms with E-state index in [0.717, 1.165) is 30.9 Å². The van der Waals surface area contributed by atoms with Gasteiger partial charge >= 0.3 is 0 Å². The maximum Gasteiger partial charge on any atom is 0.242 e. The molecule has 0 aromatic heterocycles. The molecule has 1 aliphatic heterocycles. The smallest absolute Gasteiger partial charge is 0.242 e. The molecule has 1 aliphatic rings. The minimum atomic E-state index is -0.154. The van der Waals surface area contributed by atoms with E-state index in [1.165, 1.54) is 0 Å². The van der Waals surface area contributed by atoms with Crippen LogP contribution in [-0.4, -0.2) is 43.5 Å². The zero-order valence-electron chi connectivity index (χ0n) is 10.7. The number of carbonyl (C=O) groups is 1. The summed E-state index contributed by atoms with van der Waals surface area (Å²) in [6.45, 7) is 4.48. The molecule has 98 valence electrons. The van der Waals surface area contributed by atoms with Gasteiger partial charge in [-0.2, -0.15) is 0 Å². The molecule has 1 unspecified atom stereocenters. The predicted molar refractivity (Wildman–Crippen MR) is 74.1 cm³/mol. The largest absolute Gasteiger partial charge is 0.324 e. The van der Waals surface area contributed by atoms with Crippen molar-refractivity contribution >= 4 is 23.2 Å². The van der Waals surface area contributed by atoms with Crippen LogP contribution in [0.4, 0.5) is 5.69 Å². The average Bonchev–Trinajstić information content (AvgIpc) is 2.32. The molecular weight excluding hydrogens is 250 g/mol. The van der Waals surface area contributed by atoms with Gasteiger partial charge in [-0.05, 0) is 37.7 Å². The second-order valence-corrected chi connectivity index (χ2v) is 5.15. The highest BCUT2D eigenvalue weighted by molar-refractivity contribution is 6.30. The first kappa shape index (κ1) is 13.3. The van der Waals surface area contributed by atoms with Gasteiger partial charge in [-0.15, -0.1) is 0 Å². The van der Waals surface area contributed by atoms with Gasteiger partial charge in [0.15, 0.2) is 0 Å². The number of nitrogens with one attached hydrogen (secondary N) is 2. The molecule has 1 saturated heterocycles. The molecule has 2 rings (SSSR count). The second-order valence-electron chi connectivity index (χ2n) is 4.72. The normalized spacial score (nSPS) is 20.7. The highest BCUT2D eigenvalue weighted by Gasteiger charge is 2.23. The lowest BCUT2D eigenvalue weighted by Gasteiger charge is -2.30. The van der Waals surface area contributed by atoms with E-state index >= 15 is 0 Å². The molecule has 1 amide bonds. The van der Waals surface area contributed by atoms with E-state index < -0.39 is 0 Å². The van der Waals surface area contributed by atoms with Crippen LogP contribution >= 0.6 is 11.6 Å². The summed E-state index contributed by atoms with van der Waals surface area (Å²) in [5.41, 5.74) is 1.79. The third-order valence-electron chi connectivity index (χ3n) is 3.14. The number of hydrogen-bond donors (Lipinski definition) is 2. The van der Waals surface area contributed by atoms with Gasteiger partial charge in [-0.1, -0.05) is 11.6 Å². The van der Waals surface area contributed by atoms with Crippen LogP contribution in [0.5, 0.6) is 0 Å². The Morgan fingerprint density at radius 1 is 1.56 bits per heavy atom. The van der Waals surface area contributed by atoms with E-state index in [1.54, 1.807) is 6.07 Å². The molecule has 4 nitrogen and oxygen atoms in total. The molecule has 0 spiro atoms. The Hall–Kier alpha value is -1.10. The minimum absolute atomic E-state index is 0.00646. The van der Waals surface area contributed by atoms with Crippen LogP contribution < -0.4 is 10.6 Å². The highest BCUT2D eigenvalue weighted by Crippen LogP contribution is 2.19. The van der Waals surface area contributed by atoms with Gasteiger partial charge in [0, 0.05) is 30.3 Å². The van der Waals surface area contributed by atoms with Gasteiger partial charge in [0.1, 0.15) is 0 Å². The summed E-state index contributed by atoms with van der Waals surface area (Å²) in [6, 6.07) is 5.31. The summed E-state index contributed by atoms with van der Waals surface area (Å²) >= 11 is 5.89. The Labute approximate surface area is 112 Å². The maximum atomic E-state index is 12.1. The van der Waals surface area contributed by atoms with Crippen LogP contribution in [0.15, 0.2) is 18.2 Å². The van der Waals surface area contributed by atoms with Crippen molar-refractivity contribution in [1.82, 2.24) is 10.2 Å². The standard InChI is InChI=1S/C13H18ClN3O/c1-9-7-10(14)3-4-11(9)16-13(18)12-8-17(2)6-5-15-12/h3-4,7,12,15H,5-6,8H2,1-2H3,(H,16,18). The number of nitrogens with zero attached hydrogens (tertiary/aromatic N) is 1. The molecule has 1 aromatic rings. The van der Waals surface area contributed by atoms with Crippen molar-refractivity contribution in [1.29, 1.82) is 0 Å². The molecule has 0 aliphatic carbocycles. The van der Waals surface area contributed by atoms with Crippen molar-refractivity contribution in [2.75, 3.05) is 32.0 Å². The minimum Gasteiger partial charge on any atom is -0.324 e. The number of halogens is 1. The van der Waals surface area contributed by atoms with Crippen LogP contribution in [0, 0.1) is 6.92 Å². The summed E-state index contributed by atoms with van der Waals surface area (Å²) in [5, 5.41) is 6.84. The molecule has 1 atom stereocenters. The molecule has 0 radical (unpaired) electrons. The highest BCUT2D eigenvalue weighted by atomic mass is 35.5.